The summed E-state index contributed by atoms with van der Waals surface area (Å²) in [5.74, 6) is 1.60. The zero-order chi connectivity index (χ0) is 15.1. The average molecular weight is 286 g/mol. The third-order valence-corrected chi connectivity index (χ3v) is 3.02. The van der Waals surface area contributed by atoms with Gasteiger partial charge < -0.3 is 14.6 Å². The van der Waals surface area contributed by atoms with Crippen molar-refractivity contribution in [2.24, 2.45) is 0 Å². The van der Waals surface area contributed by atoms with Gasteiger partial charge in [0, 0.05) is 6.42 Å². The van der Waals surface area contributed by atoms with Gasteiger partial charge in [-0.3, -0.25) is 0 Å². The van der Waals surface area contributed by atoms with Crippen LogP contribution >= 0.6 is 0 Å². The van der Waals surface area contributed by atoms with Crippen LogP contribution in [0.3, 0.4) is 0 Å². The Balaban J connectivity index is 1.86. The van der Waals surface area contributed by atoms with Crippen LogP contribution < -0.4 is 9.47 Å². The van der Waals surface area contributed by atoms with Crippen molar-refractivity contribution in [1.29, 1.82) is 0 Å². The van der Waals surface area contributed by atoms with Crippen molar-refractivity contribution >= 4 is 0 Å². The molecule has 21 heavy (non-hydrogen) atoms. The molecule has 3 heteroatoms. The molecule has 0 saturated heterocycles. The maximum absolute atomic E-state index is 10.2. The molecule has 3 nitrogen and oxygen atoms in total. The van der Waals surface area contributed by atoms with E-state index in [4.69, 9.17) is 9.47 Å². The minimum Gasteiger partial charge on any atom is -0.493 e. The Morgan fingerprint density at radius 3 is 2.38 bits per heavy atom. The highest BCUT2D eigenvalue weighted by Gasteiger charge is 2.09. The zero-order valence-electron chi connectivity index (χ0n) is 12.5. The molecule has 1 N–H and O–H groups in total. The molecule has 0 aliphatic carbocycles. The molecular weight excluding hydrogens is 264 g/mol. The number of para-hydroxylation sites is 1. The van der Waals surface area contributed by atoms with Crippen molar-refractivity contribution in [2.75, 3.05) is 6.61 Å². The summed E-state index contributed by atoms with van der Waals surface area (Å²) in [5, 5.41) is 10.2. The first kappa shape index (κ1) is 15.4. The van der Waals surface area contributed by atoms with Crippen LogP contribution in [0.2, 0.25) is 0 Å². The van der Waals surface area contributed by atoms with Crippen LogP contribution in [0.1, 0.15) is 31.9 Å². The van der Waals surface area contributed by atoms with Crippen LogP contribution in [-0.2, 0) is 0 Å². The molecule has 0 aromatic heterocycles. The van der Waals surface area contributed by atoms with Crippen molar-refractivity contribution in [1.82, 2.24) is 0 Å². The van der Waals surface area contributed by atoms with Gasteiger partial charge in [-0.15, -0.1) is 0 Å². The lowest BCUT2D eigenvalue weighted by Crippen LogP contribution is -2.08. The smallest absolute Gasteiger partial charge is 0.120 e. The van der Waals surface area contributed by atoms with E-state index < -0.39 is 6.10 Å². The second-order valence-corrected chi connectivity index (χ2v) is 5.21. The van der Waals surface area contributed by atoms with Gasteiger partial charge in [0.1, 0.15) is 11.5 Å². The maximum Gasteiger partial charge on any atom is 0.120 e. The summed E-state index contributed by atoms with van der Waals surface area (Å²) in [5.41, 5.74) is 0.852. The Morgan fingerprint density at radius 1 is 0.952 bits per heavy atom. The topological polar surface area (TPSA) is 38.7 Å². The molecule has 0 aliphatic rings. The van der Waals surface area contributed by atoms with Gasteiger partial charge in [0.15, 0.2) is 0 Å². The van der Waals surface area contributed by atoms with Gasteiger partial charge in [-0.1, -0.05) is 30.3 Å². The summed E-state index contributed by atoms with van der Waals surface area (Å²) in [4.78, 5) is 0. The molecule has 0 heterocycles. The lowest BCUT2D eigenvalue weighted by atomic mass is 10.1. The lowest BCUT2D eigenvalue weighted by molar-refractivity contribution is 0.140. The Kier molecular flexibility index (Phi) is 5.64. The fourth-order valence-corrected chi connectivity index (χ4v) is 2.04. The summed E-state index contributed by atoms with van der Waals surface area (Å²) >= 11 is 0. The molecule has 0 radical (unpaired) electrons. The first-order valence-electron chi connectivity index (χ1n) is 7.27. The summed E-state index contributed by atoms with van der Waals surface area (Å²) in [6, 6.07) is 17.2. The Labute approximate surface area is 126 Å². The van der Waals surface area contributed by atoms with E-state index in [-0.39, 0.29) is 6.10 Å². The molecule has 0 amide bonds. The van der Waals surface area contributed by atoms with E-state index >= 15 is 0 Å². The monoisotopic (exact) mass is 286 g/mol. The number of aliphatic hydroxyl groups excluding tert-OH is 1. The van der Waals surface area contributed by atoms with Gasteiger partial charge in [-0.05, 0) is 43.7 Å². The first-order valence-corrected chi connectivity index (χ1v) is 7.27. The maximum atomic E-state index is 10.2. The molecule has 112 valence electrons. The standard InChI is InChI=1S/C18H22O3/c1-14(2)21-17-10-6-7-15(13-17)18(19)11-12-20-16-8-4-3-5-9-16/h3-10,13-14,18-19H,11-12H2,1-2H3. The third-order valence-electron chi connectivity index (χ3n) is 3.02. The van der Waals surface area contributed by atoms with Gasteiger partial charge in [-0.25, -0.2) is 0 Å². The van der Waals surface area contributed by atoms with Crippen molar-refractivity contribution in [2.45, 2.75) is 32.5 Å². The number of hydrogen-bond acceptors (Lipinski definition) is 3. The lowest BCUT2D eigenvalue weighted by Gasteiger charge is -2.15. The van der Waals surface area contributed by atoms with Crippen LogP contribution in [0, 0.1) is 0 Å². The number of hydrogen-bond donors (Lipinski definition) is 1. The number of aliphatic hydroxyl groups is 1. The second kappa shape index (κ2) is 7.70. The molecule has 2 rings (SSSR count). The van der Waals surface area contributed by atoms with E-state index in [0.29, 0.717) is 13.0 Å². The number of benzene rings is 2. The summed E-state index contributed by atoms with van der Waals surface area (Å²) in [7, 11) is 0. The van der Waals surface area contributed by atoms with Crippen LogP contribution in [0.4, 0.5) is 0 Å². The normalized spacial score (nSPS) is 12.2. The minimum absolute atomic E-state index is 0.124. The SMILES string of the molecule is CC(C)Oc1cccc(C(O)CCOc2ccccc2)c1. The highest BCUT2D eigenvalue weighted by atomic mass is 16.5. The van der Waals surface area contributed by atoms with Crippen molar-refractivity contribution in [3.8, 4) is 11.5 Å². The van der Waals surface area contributed by atoms with Crippen LogP contribution in [0.5, 0.6) is 11.5 Å². The Hall–Kier alpha value is -2.00. The number of ether oxygens (including phenoxy) is 2. The molecule has 0 aliphatic heterocycles. The molecule has 0 spiro atoms. The van der Waals surface area contributed by atoms with Gasteiger partial charge in [-0.2, -0.15) is 0 Å². The highest BCUT2D eigenvalue weighted by molar-refractivity contribution is 5.30. The van der Waals surface area contributed by atoms with Crippen LogP contribution in [0.15, 0.2) is 54.6 Å². The van der Waals surface area contributed by atoms with Crippen molar-refractivity contribution in [3.05, 3.63) is 60.2 Å². The van der Waals surface area contributed by atoms with E-state index in [0.717, 1.165) is 17.1 Å². The van der Waals surface area contributed by atoms with Gasteiger partial charge in [0.2, 0.25) is 0 Å². The van der Waals surface area contributed by atoms with Crippen molar-refractivity contribution in [3.63, 3.8) is 0 Å². The molecular formula is C18H22O3. The molecule has 1 unspecified atom stereocenters. The van der Waals surface area contributed by atoms with E-state index in [1.807, 2.05) is 68.4 Å². The molecule has 0 bridgehead atoms. The third kappa shape index (κ3) is 5.12. The second-order valence-electron chi connectivity index (χ2n) is 5.21. The summed E-state index contributed by atoms with van der Waals surface area (Å²) < 4.78 is 11.2. The fourth-order valence-electron chi connectivity index (χ4n) is 2.04. The van der Waals surface area contributed by atoms with Crippen LogP contribution in [-0.4, -0.2) is 17.8 Å². The van der Waals surface area contributed by atoms with Gasteiger partial charge in [0.25, 0.3) is 0 Å². The zero-order valence-corrected chi connectivity index (χ0v) is 12.5. The Morgan fingerprint density at radius 2 is 1.67 bits per heavy atom. The largest absolute Gasteiger partial charge is 0.493 e. The van der Waals surface area contributed by atoms with Gasteiger partial charge >= 0.3 is 0 Å². The van der Waals surface area contributed by atoms with E-state index in [1.165, 1.54) is 0 Å². The highest BCUT2D eigenvalue weighted by Crippen LogP contribution is 2.22. The minimum atomic E-state index is -0.551. The van der Waals surface area contributed by atoms with Gasteiger partial charge in [0.05, 0.1) is 18.8 Å². The number of rotatable bonds is 7. The van der Waals surface area contributed by atoms with Crippen LogP contribution in [0.25, 0.3) is 0 Å². The molecule has 2 aromatic carbocycles. The predicted molar refractivity (Wildman–Crippen MR) is 83.7 cm³/mol. The molecule has 1 atom stereocenters. The fraction of sp³-hybridized carbons (Fsp3) is 0.333. The molecule has 0 fully saturated rings. The first-order chi connectivity index (χ1) is 10.1. The van der Waals surface area contributed by atoms with E-state index in [9.17, 15) is 5.11 Å². The summed E-state index contributed by atoms with van der Waals surface area (Å²) in [6.45, 7) is 4.44. The van der Waals surface area contributed by atoms with E-state index in [1.54, 1.807) is 0 Å². The molecule has 0 saturated carbocycles. The summed E-state index contributed by atoms with van der Waals surface area (Å²) in [6.07, 6.45) is 0.114. The quantitative estimate of drug-likeness (QED) is 0.837. The molecule has 2 aromatic rings. The average Bonchev–Trinajstić information content (AvgIpc) is 2.48. The predicted octanol–water partition coefficient (Wildman–Crippen LogP) is 3.98. The Bertz CT molecular complexity index is 537. The van der Waals surface area contributed by atoms with E-state index in [2.05, 4.69) is 0 Å². The van der Waals surface area contributed by atoms with Crippen molar-refractivity contribution < 1.29 is 14.6 Å².